The Labute approximate surface area is 90.0 Å². The van der Waals surface area contributed by atoms with Crippen LogP contribution in [0.1, 0.15) is 38.1 Å². The molecule has 0 amide bonds. The molecule has 0 fully saturated rings. The average molecular weight is 210 g/mol. The van der Waals surface area contributed by atoms with E-state index in [1.54, 1.807) is 19.2 Å². The Hall–Kier alpha value is -1.45. The van der Waals surface area contributed by atoms with E-state index in [4.69, 9.17) is 10.5 Å². The van der Waals surface area contributed by atoms with Gasteiger partial charge in [0.15, 0.2) is 0 Å². The Kier molecular flexibility index (Phi) is 3.07. The number of carbonyl (C=O) groups is 1. The highest BCUT2D eigenvalue weighted by Gasteiger charge is 2.19. The van der Waals surface area contributed by atoms with Crippen LogP contribution in [0.15, 0.2) is 12.3 Å². The van der Waals surface area contributed by atoms with E-state index in [1.807, 2.05) is 25.3 Å². The Balaban J connectivity index is 3.01. The third-order valence-electron chi connectivity index (χ3n) is 2.08. The maximum Gasteiger partial charge on any atom is 0.339 e. The van der Waals surface area contributed by atoms with E-state index in [0.717, 1.165) is 0 Å². The van der Waals surface area contributed by atoms with Crippen molar-refractivity contribution in [2.45, 2.75) is 33.2 Å². The number of rotatable bonds is 2. The van der Waals surface area contributed by atoms with Crippen LogP contribution in [-0.2, 0) is 10.3 Å². The van der Waals surface area contributed by atoms with Crippen LogP contribution in [-0.4, -0.2) is 17.1 Å². The summed E-state index contributed by atoms with van der Waals surface area (Å²) in [6, 6.07) is 1.64. The SMILES string of the molecule is CCOC(=O)c1cc(N)n(C(C)(C)C)c1. The minimum absolute atomic E-state index is 0.130. The van der Waals surface area contributed by atoms with E-state index in [-0.39, 0.29) is 11.5 Å². The first-order chi connectivity index (χ1) is 6.86. The smallest absolute Gasteiger partial charge is 0.339 e. The zero-order chi connectivity index (χ0) is 11.6. The molecular formula is C11H18N2O2. The van der Waals surface area contributed by atoms with Crippen molar-refractivity contribution in [3.8, 4) is 0 Å². The molecule has 1 heterocycles. The zero-order valence-electron chi connectivity index (χ0n) is 9.70. The number of nitrogens with zero attached hydrogens (tertiary/aromatic N) is 1. The van der Waals surface area contributed by atoms with Gasteiger partial charge in [-0.05, 0) is 33.8 Å². The van der Waals surface area contributed by atoms with Gasteiger partial charge in [-0.3, -0.25) is 0 Å². The van der Waals surface area contributed by atoms with Crippen LogP contribution in [0, 0.1) is 0 Å². The molecule has 0 radical (unpaired) electrons. The number of aromatic nitrogens is 1. The van der Waals surface area contributed by atoms with Crippen LogP contribution in [0.2, 0.25) is 0 Å². The number of ether oxygens (including phenoxy) is 1. The number of carbonyl (C=O) groups excluding carboxylic acids is 1. The summed E-state index contributed by atoms with van der Waals surface area (Å²) in [4.78, 5) is 11.4. The van der Waals surface area contributed by atoms with Crippen LogP contribution in [0.3, 0.4) is 0 Å². The third-order valence-corrected chi connectivity index (χ3v) is 2.08. The summed E-state index contributed by atoms with van der Waals surface area (Å²) in [6.07, 6.45) is 1.73. The van der Waals surface area contributed by atoms with Crippen LogP contribution in [0.5, 0.6) is 0 Å². The van der Waals surface area contributed by atoms with Gasteiger partial charge in [0.1, 0.15) is 5.82 Å². The van der Waals surface area contributed by atoms with Crippen molar-refractivity contribution in [1.82, 2.24) is 4.57 Å². The number of esters is 1. The van der Waals surface area contributed by atoms with Crippen molar-refractivity contribution in [1.29, 1.82) is 0 Å². The molecule has 0 spiro atoms. The quantitative estimate of drug-likeness (QED) is 0.759. The van der Waals surface area contributed by atoms with Gasteiger partial charge in [0, 0.05) is 11.7 Å². The summed E-state index contributed by atoms with van der Waals surface area (Å²) >= 11 is 0. The molecule has 0 aliphatic heterocycles. The second kappa shape index (κ2) is 3.96. The summed E-state index contributed by atoms with van der Waals surface area (Å²) in [5.74, 6) is 0.248. The number of anilines is 1. The third kappa shape index (κ3) is 2.52. The first kappa shape index (κ1) is 11.6. The van der Waals surface area contributed by atoms with Gasteiger partial charge in [-0.1, -0.05) is 0 Å². The number of nitrogens with two attached hydrogens (primary N) is 1. The second-order valence-corrected chi connectivity index (χ2v) is 4.41. The molecular weight excluding hydrogens is 192 g/mol. The van der Waals surface area contributed by atoms with Crippen molar-refractivity contribution in [3.05, 3.63) is 17.8 Å². The molecule has 0 aliphatic rings. The molecule has 0 atom stereocenters. The molecule has 84 valence electrons. The number of hydrogen-bond donors (Lipinski definition) is 1. The van der Waals surface area contributed by atoms with Crippen molar-refractivity contribution in [3.63, 3.8) is 0 Å². The van der Waals surface area contributed by atoms with Gasteiger partial charge in [-0.2, -0.15) is 0 Å². The summed E-state index contributed by atoms with van der Waals surface area (Å²) in [7, 11) is 0. The van der Waals surface area contributed by atoms with Crippen molar-refractivity contribution < 1.29 is 9.53 Å². The summed E-state index contributed by atoms with van der Waals surface area (Å²) in [5, 5.41) is 0. The van der Waals surface area contributed by atoms with E-state index >= 15 is 0 Å². The maximum absolute atomic E-state index is 11.4. The van der Waals surface area contributed by atoms with E-state index < -0.39 is 0 Å². The molecule has 2 N–H and O–H groups in total. The molecule has 0 saturated heterocycles. The molecule has 0 aromatic carbocycles. The van der Waals surface area contributed by atoms with Crippen LogP contribution < -0.4 is 5.73 Å². The molecule has 1 rings (SSSR count). The van der Waals surface area contributed by atoms with Gasteiger partial charge in [-0.25, -0.2) is 4.79 Å². The largest absolute Gasteiger partial charge is 0.462 e. The van der Waals surface area contributed by atoms with Gasteiger partial charge in [-0.15, -0.1) is 0 Å². The maximum atomic E-state index is 11.4. The predicted molar refractivity (Wildman–Crippen MR) is 59.8 cm³/mol. The topological polar surface area (TPSA) is 57.2 Å². The summed E-state index contributed by atoms with van der Waals surface area (Å²) in [5.41, 5.74) is 6.19. The van der Waals surface area contributed by atoms with Gasteiger partial charge in [0.05, 0.1) is 12.2 Å². The fourth-order valence-corrected chi connectivity index (χ4v) is 1.39. The normalized spacial score (nSPS) is 11.5. The zero-order valence-corrected chi connectivity index (χ0v) is 9.70. The first-order valence-electron chi connectivity index (χ1n) is 5.01. The average Bonchev–Trinajstić information content (AvgIpc) is 2.47. The molecule has 0 unspecified atom stereocenters. The highest BCUT2D eigenvalue weighted by Crippen LogP contribution is 2.22. The fraction of sp³-hybridized carbons (Fsp3) is 0.545. The molecule has 4 heteroatoms. The van der Waals surface area contributed by atoms with Crippen molar-refractivity contribution >= 4 is 11.8 Å². The minimum Gasteiger partial charge on any atom is -0.462 e. The lowest BCUT2D eigenvalue weighted by atomic mass is 10.1. The fourth-order valence-electron chi connectivity index (χ4n) is 1.39. The first-order valence-corrected chi connectivity index (χ1v) is 5.01. The lowest BCUT2D eigenvalue weighted by molar-refractivity contribution is 0.0526. The van der Waals surface area contributed by atoms with Crippen LogP contribution in [0.25, 0.3) is 0 Å². The number of nitrogen functional groups attached to an aromatic ring is 1. The Bertz CT molecular complexity index is 361. The van der Waals surface area contributed by atoms with Gasteiger partial charge in [0.25, 0.3) is 0 Å². The molecule has 4 nitrogen and oxygen atoms in total. The Morgan fingerprint density at radius 2 is 2.13 bits per heavy atom. The lowest BCUT2D eigenvalue weighted by Gasteiger charge is -2.22. The van der Waals surface area contributed by atoms with E-state index in [0.29, 0.717) is 18.0 Å². The van der Waals surface area contributed by atoms with E-state index in [9.17, 15) is 4.79 Å². The molecule has 0 bridgehead atoms. The highest BCUT2D eigenvalue weighted by atomic mass is 16.5. The Morgan fingerprint density at radius 3 is 2.53 bits per heavy atom. The predicted octanol–water partition coefficient (Wildman–Crippen LogP) is 2.00. The van der Waals surface area contributed by atoms with E-state index in [2.05, 4.69) is 0 Å². The minimum atomic E-state index is -0.327. The molecule has 1 aromatic heterocycles. The Morgan fingerprint density at radius 1 is 1.53 bits per heavy atom. The van der Waals surface area contributed by atoms with Crippen molar-refractivity contribution in [2.24, 2.45) is 0 Å². The molecule has 0 aliphatic carbocycles. The van der Waals surface area contributed by atoms with Crippen LogP contribution in [0.4, 0.5) is 5.82 Å². The summed E-state index contributed by atoms with van der Waals surface area (Å²) < 4.78 is 6.76. The van der Waals surface area contributed by atoms with Gasteiger partial charge < -0.3 is 15.0 Å². The van der Waals surface area contributed by atoms with Gasteiger partial charge >= 0.3 is 5.97 Å². The molecule has 15 heavy (non-hydrogen) atoms. The highest BCUT2D eigenvalue weighted by molar-refractivity contribution is 5.90. The molecule has 0 saturated carbocycles. The van der Waals surface area contributed by atoms with Crippen LogP contribution >= 0.6 is 0 Å². The standard InChI is InChI=1S/C11H18N2O2/c1-5-15-10(14)8-6-9(12)13(7-8)11(2,3)4/h6-7H,5,12H2,1-4H3. The lowest BCUT2D eigenvalue weighted by Crippen LogP contribution is -2.22. The van der Waals surface area contributed by atoms with Gasteiger partial charge in [0.2, 0.25) is 0 Å². The van der Waals surface area contributed by atoms with E-state index in [1.165, 1.54) is 0 Å². The number of hydrogen-bond acceptors (Lipinski definition) is 3. The van der Waals surface area contributed by atoms with Crippen molar-refractivity contribution in [2.75, 3.05) is 12.3 Å². The second-order valence-electron chi connectivity index (χ2n) is 4.41. The monoisotopic (exact) mass is 210 g/mol. The molecule has 1 aromatic rings. The summed E-state index contributed by atoms with van der Waals surface area (Å²) in [6.45, 7) is 8.23.